The molecule has 3 aromatic rings. The van der Waals surface area contributed by atoms with Gasteiger partial charge in [0.2, 0.25) is 0 Å². The van der Waals surface area contributed by atoms with E-state index in [1.165, 1.54) is 24.3 Å². The SMILES string of the molecule is CNC(=O)c1cc(C2CC2)nc2onc(C3CCN(C(=O)c4ccc(F)cc4)CC3)c12. The van der Waals surface area contributed by atoms with E-state index in [4.69, 9.17) is 4.52 Å². The summed E-state index contributed by atoms with van der Waals surface area (Å²) in [5, 5.41) is 7.67. The van der Waals surface area contributed by atoms with E-state index >= 15 is 0 Å². The van der Waals surface area contributed by atoms with Crippen molar-refractivity contribution in [3.05, 3.63) is 58.7 Å². The van der Waals surface area contributed by atoms with Gasteiger partial charge in [-0.1, -0.05) is 5.16 Å². The number of carbonyl (C=O) groups excluding carboxylic acids is 2. The molecule has 0 radical (unpaired) electrons. The summed E-state index contributed by atoms with van der Waals surface area (Å²) in [6.45, 7) is 1.11. The Morgan fingerprint density at radius 2 is 1.81 bits per heavy atom. The number of rotatable bonds is 4. The largest absolute Gasteiger partial charge is 0.355 e. The first kappa shape index (κ1) is 19.7. The molecular weight excluding hydrogens is 399 g/mol. The molecule has 5 rings (SSSR count). The monoisotopic (exact) mass is 422 g/mol. The van der Waals surface area contributed by atoms with Gasteiger partial charge in [-0.15, -0.1) is 0 Å². The minimum atomic E-state index is -0.362. The number of benzene rings is 1. The molecule has 1 saturated heterocycles. The molecule has 2 aliphatic rings. The van der Waals surface area contributed by atoms with Crippen molar-refractivity contribution in [1.29, 1.82) is 0 Å². The molecule has 31 heavy (non-hydrogen) atoms. The molecule has 1 saturated carbocycles. The summed E-state index contributed by atoms with van der Waals surface area (Å²) >= 11 is 0. The zero-order valence-electron chi connectivity index (χ0n) is 17.2. The Hall–Kier alpha value is -3.29. The highest BCUT2D eigenvalue weighted by Gasteiger charge is 2.32. The van der Waals surface area contributed by atoms with Crippen molar-refractivity contribution in [2.75, 3.05) is 20.1 Å². The third-order valence-corrected chi connectivity index (χ3v) is 6.22. The van der Waals surface area contributed by atoms with Crippen LogP contribution >= 0.6 is 0 Å². The van der Waals surface area contributed by atoms with Gasteiger partial charge in [0.25, 0.3) is 17.5 Å². The molecule has 1 N–H and O–H groups in total. The molecule has 0 spiro atoms. The van der Waals surface area contributed by atoms with E-state index in [1.807, 2.05) is 6.07 Å². The Kier molecular flexibility index (Phi) is 4.92. The van der Waals surface area contributed by atoms with Gasteiger partial charge in [-0.3, -0.25) is 9.59 Å². The molecule has 0 unspecified atom stereocenters. The van der Waals surface area contributed by atoms with Crippen molar-refractivity contribution in [3.8, 4) is 0 Å². The van der Waals surface area contributed by atoms with Crippen LogP contribution in [0.2, 0.25) is 0 Å². The molecule has 0 bridgehead atoms. The van der Waals surface area contributed by atoms with Crippen molar-refractivity contribution in [3.63, 3.8) is 0 Å². The van der Waals surface area contributed by atoms with Gasteiger partial charge in [0, 0.05) is 43.2 Å². The fourth-order valence-corrected chi connectivity index (χ4v) is 4.30. The lowest BCUT2D eigenvalue weighted by molar-refractivity contribution is 0.0711. The van der Waals surface area contributed by atoms with Gasteiger partial charge in [-0.2, -0.15) is 0 Å². The van der Waals surface area contributed by atoms with Crippen molar-refractivity contribution in [1.82, 2.24) is 20.4 Å². The quantitative estimate of drug-likeness (QED) is 0.694. The van der Waals surface area contributed by atoms with Gasteiger partial charge in [0.15, 0.2) is 0 Å². The summed E-state index contributed by atoms with van der Waals surface area (Å²) in [4.78, 5) is 31.7. The first-order valence-corrected chi connectivity index (χ1v) is 10.6. The van der Waals surface area contributed by atoms with Gasteiger partial charge in [0.05, 0.1) is 16.6 Å². The predicted octanol–water partition coefficient (Wildman–Crippen LogP) is 3.62. The lowest BCUT2D eigenvalue weighted by Gasteiger charge is -2.31. The molecule has 3 heterocycles. The third kappa shape index (κ3) is 3.66. The second-order valence-corrected chi connectivity index (χ2v) is 8.27. The summed E-state index contributed by atoms with van der Waals surface area (Å²) in [5.41, 5.74) is 3.05. The van der Waals surface area contributed by atoms with Crippen molar-refractivity contribution >= 4 is 22.9 Å². The molecule has 0 atom stereocenters. The second-order valence-electron chi connectivity index (χ2n) is 8.27. The molecule has 1 aliphatic heterocycles. The number of halogens is 1. The van der Waals surface area contributed by atoms with Gasteiger partial charge < -0.3 is 14.7 Å². The normalized spacial score (nSPS) is 17.2. The zero-order valence-corrected chi connectivity index (χ0v) is 17.2. The summed E-state index contributed by atoms with van der Waals surface area (Å²) in [5.74, 6) is -0.191. The number of carbonyl (C=O) groups is 2. The fourth-order valence-electron chi connectivity index (χ4n) is 4.30. The average Bonchev–Trinajstić information content (AvgIpc) is 3.57. The Morgan fingerprint density at radius 1 is 1.10 bits per heavy atom. The average molecular weight is 422 g/mol. The molecule has 1 aliphatic carbocycles. The Bertz CT molecular complexity index is 1150. The molecule has 2 amide bonds. The number of pyridine rings is 1. The maximum Gasteiger partial charge on any atom is 0.259 e. The number of nitrogens with one attached hydrogen (secondary N) is 1. The first-order chi connectivity index (χ1) is 15.0. The van der Waals surface area contributed by atoms with E-state index < -0.39 is 0 Å². The minimum Gasteiger partial charge on any atom is -0.355 e. The van der Waals surface area contributed by atoms with Gasteiger partial charge in [-0.25, -0.2) is 9.37 Å². The Morgan fingerprint density at radius 3 is 2.45 bits per heavy atom. The highest BCUT2D eigenvalue weighted by molar-refractivity contribution is 6.06. The second kappa shape index (κ2) is 7.76. The number of amides is 2. The molecule has 1 aromatic carbocycles. The van der Waals surface area contributed by atoms with Crippen LogP contribution in [0.4, 0.5) is 4.39 Å². The van der Waals surface area contributed by atoms with Crippen LogP contribution in [0.3, 0.4) is 0 Å². The van der Waals surface area contributed by atoms with E-state index in [2.05, 4.69) is 15.5 Å². The van der Waals surface area contributed by atoms with Crippen molar-refractivity contribution < 1.29 is 18.5 Å². The molecule has 2 aromatic heterocycles. The fraction of sp³-hybridized carbons (Fsp3) is 0.391. The van der Waals surface area contributed by atoms with Crippen LogP contribution in [0.25, 0.3) is 11.1 Å². The smallest absolute Gasteiger partial charge is 0.259 e. The molecular formula is C23H23FN4O3. The number of likely N-dealkylation sites (tertiary alicyclic amines) is 1. The van der Waals surface area contributed by atoms with E-state index in [-0.39, 0.29) is 23.5 Å². The van der Waals surface area contributed by atoms with E-state index in [9.17, 15) is 14.0 Å². The van der Waals surface area contributed by atoms with Crippen molar-refractivity contribution in [2.24, 2.45) is 0 Å². The Labute approximate surface area is 178 Å². The van der Waals surface area contributed by atoms with Gasteiger partial charge >= 0.3 is 0 Å². The number of nitrogens with zero attached hydrogens (tertiary/aromatic N) is 3. The van der Waals surface area contributed by atoms with Crippen LogP contribution in [0.15, 0.2) is 34.9 Å². The third-order valence-electron chi connectivity index (χ3n) is 6.22. The summed E-state index contributed by atoms with van der Waals surface area (Å²) in [6.07, 6.45) is 3.55. The lowest BCUT2D eigenvalue weighted by atomic mass is 9.90. The van der Waals surface area contributed by atoms with Crippen molar-refractivity contribution in [2.45, 2.75) is 37.5 Å². The van der Waals surface area contributed by atoms with Crippen LogP contribution < -0.4 is 5.32 Å². The summed E-state index contributed by atoms with van der Waals surface area (Å²) < 4.78 is 18.7. The Balaban J connectivity index is 1.39. The van der Waals surface area contributed by atoms with Crippen LogP contribution in [-0.4, -0.2) is 47.0 Å². The predicted molar refractivity (Wildman–Crippen MR) is 111 cm³/mol. The number of fused-ring (bicyclic) bond motifs is 1. The number of aromatic nitrogens is 2. The van der Waals surface area contributed by atoms with Gasteiger partial charge in [-0.05, 0) is 56.0 Å². The van der Waals surface area contributed by atoms with Crippen LogP contribution in [0, 0.1) is 5.82 Å². The standard InChI is InChI=1S/C23H23FN4O3/c1-25-21(29)17-12-18(13-2-3-13)26-22-19(17)20(27-31-22)14-8-10-28(11-9-14)23(30)15-4-6-16(24)7-5-15/h4-7,12-14H,2-3,8-11H2,1H3,(H,25,29). The first-order valence-electron chi connectivity index (χ1n) is 10.6. The summed E-state index contributed by atoms with van der Waals surface area (Å²) in [7, 11) is 1.61. The molecule has 2 fully saturated rings. The molecule has 8 heteroatoms. The molecule has 7 nitrogen and oxygen atoms in total. The minimum absolute atomic E-state index is 0.0653. The number of piperidine rings is 1. The zero-order chi connectivity index (χ0) is 21.5. The van der Waals surface area contributed by atoms with E-state index in [0.29, 0.717) is 54.1 Å². The number of hydrogen-bond acceptors (Lipinski definition) is 5. The van der Waals surface area contributed by atoms with Crippen LogP contribution in [0.1, 0.15) is 69.6 Å². The highest BCUT2D eigenvalue weighted by atomic mass is 19.1. The van der Waals surface area contributed by atoms with Gasteiger partial charge in [0.1, 0.15) is 5.82 Å². The lowest BCUT2D eigenvalue weighted by Crippen LogP contribution is -2.38. The maximum absolute atomic E-state index is 13.1. The highest BCUT2D eigenvalue weighted by Crippen LogP contribution is 2.41. The summed E-state index contributed by atoms with van der Waals surface area (Å²) in [6, 6.07) is 7.48. The molecule has 160 valence electrons. The van der Waals surface area contributed by atoms with Crippen LogP contribution in [-0.2, 0) is 0 Å². The topological polar surface area (TPSA) is 88.3 Å². The maximum atomic E-state index is 13.1. The van der Waals surface area contributed by atoms with E-state index in [0.717, 1.165) is 24.2 Å². The number of hydrogen-bond donors (Lipinski definition) is 1. The van der Waals surface area contributed by atoms with E-state index in [1.54, 1.807) is 11.9 Å². The van der Waals surface area contributed by atoms with Crippen LogP contribution in [0.5, 0.6) is 0 Å².